The SMILES string of the molecule is CNCc1cn(CCN2CCCC(OC)C2)nn1. The predicted molar refractivity (Wildman–Crippen MR) is 69.3 cm³/mol. The molecule has 6 heteroatoms. The summed E-state index contributed by atoms with van der Waals surface area (Å²) in [6.07, 6.45) is 4.81. The molecule has 1 aliphatic heterocycles. The van der Waals surface area contributed by atoms with Gasteiger partial charge in [0, 0.05) is 32.9 Å². The van der Waals surface area contributed by atoms with Gasteiger partial charge in [0.25, 0.3) is 0 Å². The molecule has 0 aromatic carbocycles. The predicted octanol–water partition coefficient (Wildman–Crippen LogP) is 0.108. The number of hydrogen-bond acceptors (Lipinski definition) is 5. The van der Waals surface area contributed by atoms with Gasteiger partial charge in [0.2, 0.25) is 0 Å². The highest BCUT2D eigenvalue weighted by atomic mass is 16.5. The topological polar surface area (TPSA) is 55.2 Å². The van der Waals surface area contributed by atoms with E-state index < -0.39 is 0 Å². The molecule has 1 aromatic rings. The molecule has 0 radical (unpaired) electrons. The quantitative estimate of drug-likeness (QED) is 0.780. The summed E-state index contributed by atoms with van der Waals surface area (Å²) in [6.45, 7) is 4.89. The average molecular weight is 253 g/mol. The Morgan fingerprint density at radius 3 is 3.17 bits per heavy atom. The van der Waals surface area contributed by atoms with Crippen LogP contribution in [0.1, 0.15) is 18.5 Å². The van der Waals surface area contributed by atoms with Crippen molar-refractivity contribution in [3.8, 4) is 0 Å². The number of nitrogens with one attached hydrogen (secondary N) is 1. The smallest absolute Gasteiger partial charge is 0.0964 e. The molecule has 18 heavy (non-hydrogen) atoms. The van der Waals surface area contributed by atoms with Gasteiger partial charge in [-0.05, 0) is 26.4 Å². The number of nitrogens with zero attached hydrogens (tertiary/aromatic N) is 4. The van der Waals surface area contributed by atoms with Crippen LogP contribution in [0.2, 0.25) is 0 Å². The summed E-state index contributed by atoms with van der Waals surface area (Å²) >= 11 is 0. The molecule has 1 fully saturated rings. The van der Waals surface area contributed by atoms with E-state index in [0.29, 0.717) is 6.10 Å². The number of piperidine rings is 1. The highest BCUT2D eigenvalue weighted by Gasteiger charge is 2.18. The van der Waals surface area contributed by atoms with Crippen molar-refractivity contribution < 1.29 is 4.74 Å². The van der Waals surface area contributed by atoms with E-state index in [1.54, 1.807) is 7.11 Å². The van der Waals surface area contributed by atoms with Crippen molar-refractivity contribution >= 4 is 0 Å². The summed E-state index contributed by atoms with van der Waals surface area (Å²) in [7, 11) is 3.72. The summed E-state index contributed by atoms with van der Waals surface area (Å²) in [5.41, 5.74) is 0.992. The Balaban J connectivity index is 1.76. The van der Waals surface area contributed by atoms with E-state index in [0.717, 1.165) is 38.4 Å². The number of rotatable bonds is 6. The molecule has 0 aliphatic carbocycles. The van der Waals surface area contributed by atoms with Crippen molar-refractivity contribution in [2.75, 3.05) is 33.8 Å². The van der Waals surface area contributed by atoms with E-state index >= 15 is 0 Å². The van der Waals surface area contributed by atoms with Crippen LogP contribution in [-0.2, 0) is 17.8 Å². The molecule has 0 bridgehead atoms. The fourth-order valence-electron chi connectivity index (χ4n) is 2.36. The maximum atomic E-state index is 5.42. The average Bonchev–Trinajstić information content (AvgIpc) is 2.85. The lowest BCUT2D eigenvalue weighted by molar-refractivity contribution is 0.0299. The number of ether oxygens (including phenoxy) is 1. The van der Waals surface area contributed by atoms with Gasteiger partial charge in [-0.15, -0.1) is 5.10 Å². The third kappa shape index (κ3) is 3.76. The lowest BCUT2D eigenvalue weighted by Crippen LogP contribution is -2.40. The van der Waals surface area contributed by atoms with Crippen LogP contribution >= 0.6 is 0 Å². The molecule has 0 amide bonds. The zero-order chi connectivity index (χ0) is 12.8. The lowest BCUT2D eigenvalue weighted by atomic mass is 10.1. The van der Waals surface area contributed by atoms with E-state index in [-0.39, 0.29) is 0 Å². The third-order valence-electron chi connectivity index (χ3n) is 3.38. The Labute approximate surface area is 108 Å². The van der Waals surface area contributed by atoms with Crippen LogP contribution in [0.3, 0.4) is 0 Å². The van der Waals surface area contributed by atoms with Gasteiger partial charge in [-0.25, -0.2) is 0 Å². The summed E-state index contributed by atoms with van der Waals surface area (Å²) in [6, 6.07) is 0. The van der Waals surface area contributed by atoms with Crippen molar-refractivity contribution in [1.29, 1.82) is 0 Å². The van der Waals surface area contributed by atoms with Gasteiger partial charge in [0.05, 0.1) is 18.3 Å². The molecule has 1 aromatic heterocycles. The first-order chi connectivity index (χ1) is 8.81. The summed E-state index contributed by atoms with van der Waals surface area (Å²) in [5, 5.41) is 11.3. The largest absolute Gasteiger partial charge is 0.380 e. The monoisotopic (exact) mass is 253 g/mol. The minimum atomic E-state index is 0.398. The first-order valence-electron chi connectivity index (χ1n) is 6.60. The van der Waals surface area contributed by atoms with Crippen molar-refractivity contribution in [2.24, 2.45) is 0 Å². The Bertz CT molecular complexity index is 354. The van der Waals surface area contributed by atoms with Crippen LogP contribution in [-0.4, -0.2) is 59.8 Å². The Morgan fingerprint density at radius 1 is 1.50 bits per heavy atom. The minimum Gasteiger partial charge on any atom is -0.380 e. The van der Waals surface area contributed by atoms with Gasteiger partial charge in [0.15, 0.2) is 0 Å². The van der Waals surface area contributed by atoms with Gasteiger partial charge >= 0.3 is 0 Å². The van der Waals surface area contributed by atoms with Crippen molar-refractivity contribution in [3.05, 3.63) is 11.9 Å². The maximum Gasteiger partial charge on any atom is 0.0964 e. The molecule has 6 nitrogen and oxygen atoms in total. The van der Waals surface area contributed by atoms with Gasteiger partial charge in [-0.3, -0.25) is 9.58 Å². The van der Waals surface area contributed by atoms with Crippen LogP contribution < -0.4 is 5.32 Å². The highest BCUT2D eigenvalue weighted by Crippen LogP contribution is 2.12. The fourth-order valence-corrected chi connectivity index (χ4v) is 2.36. The molecule has 1 N–H and O–H groups in total. The molecule has 1 aliphatic rings. The van der Waals surface area contributed by atoms with Crippen LogP contribution in [0.25, 0.3) is 0 Å². The highest BCUT2D eigenvalue weighted by molar-refractivity contribution is 4.91. The third-order valence-corrected chi connectivity index (χ3v) is 3.38. The zero-order valence-electron chi connectivity index (χ0n) is 11.3. The fraction of sp³-hybridized carbons (Fsp3) is 0.833. The van der Waals surface area contributed by atoms with Crippen molar-refractivity contribution in [2.45, 2.75) is 32.0 Å². The molecule has 0 spiro atoms. The lowest BCUT2D eigenvalue weighted by Gasteiger charge is -2.31. The van der Waals surface area contributed by atoms with E-state index in [9.17, 15) is 0 Å². The molecule has 2 rings (SSSR count). The van der Waals surface area contributed by atoms with E-state index in [1.807, 2.05) is 17.9 Å². The summed E-state index contributed by atoms with van der Waals surface area (Å²) in [5.74, 6) is 0. The van der Waals surface area contributed by atoms with Gasteiger partial charge in [-0.1, -0.05) is 5.21 Å². The van der Waals surface area contributed by atoms with Crippen LogP contribution in [0.5, 0.6) is 0 Å². The van der Waals surface area contributed by atoms with Gasteiger partial charge in [0.1, 0.15) is 0 Å². The standard InChI is InChI=1S/C12H23N5O/c1-13-8-11-9-17(15-14-11)7-6-16-5-3-4-12(10-16)18-2/h9,12-13H,3-8,10H2,1-2H3. The first kappa shape index (κ1) is 13.5. The number of hydrogen-bond donors (Lipinski definition) is 1. The van der Waals surface area contributed by atoms with Gasteiger partial charge < -0.3 is 10.1 Å². The molecular formula is C12H23N5O. The normalized spacial score (nSPS) is 21.3. The Morgan fingerprint density at radius 2 is 2.39 bits per heavy atom. The van der Waals surface area contributed by atoms with E-state index in [4.69, 9.17) is 4.74 Å². The van der Waals surface area contributed by atoms with Crippen LogP contribution in [0, 0.1) is 0 Å². The molecule has 1 saturated heterocycles. The van der Waals surface area contributed by atoms with Crippen molar-refractivity contribution in [3.63, 3.8) is 0 Å². The van der Waals surface area contributed by atoms with Crippen molar-refractivity contribution in [1.82, 2.24) is 25.2 Å². The number of methoxy groups -OCH3 is 1. The Kier molecular flexibility index (Phi) is 5.10. The second kappa shape index (κ2) is 6.82. The second-order valence-corrected chi connectivity index (χ2v) is 4.80. The van der Waals surface area contributed by atoms with Gasteiger partial charge in [-0.2, -0.15) is 0 Å². The summed E-state index contributed by atoms with van der Waals surface area (Å²) < 4.78 is 7.34. The molecular weight excluding hydrogens is 230 g/mol. The van der Waals surface area contributed by atoms with Crippen LogP contribution in [0.4, 0.5) is 0 Å². The Hall–Kier alpha value is -0.980. The molecule has 0 saturated carbocycles. The second-order valence-electron chi connectivity index (χ2n) is 4.80. The first-order valence-corrected chi connectivity index (χ1v) is 6.60. The maximum absolute atomic E-state index is 5.42. The number of likely N-dealkylation sites (tertiary alicyclic amines) is 1. The molecule has 2 heterocycles. The zero-order valence-corrected chi connectivity index (χ0v) is 11.3. The molecule has 1 atom stereocenters. The van der Waals surface area contributed by atoms with E-state index in [1.165, 1.54) is 12.8 Å². The van der Waals surface area contributed by atoms with E-state index in [2.05, 4.69) is 20.5 Å². The molecule has 1 unspecified atom stereocenters. The summed E-state index contributed by atoms with van der Waals surface area (Å²) in [4.78, 5) is 2.44. The van der Waals surface area contributed by atoms with Crippen LogP contribution in [0.15, 0.2) is 6.20 Å². The minimum absolute atomic E-state index is 0.398. The number of aromatic nitrogens is 3. The molecule has 102 valence electrons.